The van der Waals surface area contributed by atoms with Gasteiger partial charge in [-0.3, -0.25) is 4.68 Å². The first-order chi connectivity index (χ1) is 13.6. The fraction of sp³-hybridized carbons (Fsp3) is 0.143. The third-order valence-corrected chi connectivity index (χ3v) is 4.09. The van der Waals surface area contributed by atoms with Gasteiger partial charge in [-0.05, 0) is 23.3 Å². The molecule has 7 heteroatoms. The van der Waals surface area contributed by atoms with Crippen LogP contribution in [-0.2, 0) is 16.0 Å². The van der Waals surface area contributed by atoms with Crippen molar-refractivity contribution >= 4 is 11.9 Å². The molecule has 0 saturated heterocycles. The molecule has 0 unspecified atom stereocenters. The van der Waals surface area contributed by atoms with E-state index in [0.717, 1.165) is 0 Å². The van der Waals surface area contributed by atoms with Gasteiger partial charge in [0.2, 0.25) is 0 Å². The van der Waals surface area contributed by atoms with Crippen LogP contribution in [0.25, 0.3) is 11.1 Å². The third-order valence-electron chi connectivity index (χ3n) is 4.09. The van der Waals surface area contributed by atoms with Crippen LogP contribution in [0.2, 0.25) is 0 Å². The number of carbonyl (C=O) groups is 2. The van der Waals surface area contributed by atoms with E-state index in [1.165, 1.54) is 18.0 Å². The molecule has 3 aromatic rings. The van der Waals surface area contributed by atoms with E-state index in [2.05, 4.69) is 5.10 Å². The highest BCUT2D eigenvalue weighted by Crippen LogP contribution is 2.28. The number of aromatic nitrogens is 2. The lowest BCUT2D eigenvalue weighted by Crippen LogP contribution is -2.13. The van der Waals surface area contributed by atoms with Gasteiger partial charge in [0.25, 0.3) is 0 Å². The molecule has 0 amide bonds. The molecule has 0 aliphatic heterocycles. The Balaban J connectivity index is 1.80. The number of hydrogen-bond acceptors (Lipinski definition) is 6. The van der Waals surface area contributed by atoms with Gasteiger partial charge in [0.1, 0.15) is 12.7 Å². The largest absolute Gasteiger partial charge is 0.465 e. The summed E-state index contributed by atoms with van der Waals surface area (Å²) < 4.78 is 11.7. The van der Waals surface area contributed by atoms with Crippen LogP contribution in [0.4, 0.5) is 0 Å². The second kappa shape index (κ2) is 8.64. The van der Waals surface area contributed by atoms with Gasteiger partial charge in [-0.1, -0.05) is 36.4 Å². The van der Waals surface area contributed by atoms with Gasteiger partial charge in [0.05, 0.1) is 36.5 Å². The summed E-state index contributed by atoms with van der Waals surface area (Å²) in [7, 11) is 1.31. The zero-order chi connectivity index (χ0) is 19.9. The number of esters is 2. The summed E-state index contributed by atoms with van der Waals surface area (Å²) in [6.45, 7) is 0.423. The highest BCUT2D eigenvalue weighted by molar-refractivity contribution is 6.03. The van der Waals surface area contributed by atoms with E-state index >= 15 is 0 Å². The van der Waals surface area contributed by atoms with E-state index in [-0.39, 0.29) is 6.61 Å². The molecule has 0 N–H and O–H groups in total. The van der Waals surface area contributed by atoms with Crippen LogP contribution in [0.1, 0.15) is 26.3 Å². The average Bonchev–Trinajstić information content (AvgIpc) is 3.21. The summed E-state index contributed by atoms with van der Waals surface area (Å²) in [6.07, 6.45) is 3.02. The van der Waals surface area contributed by atoms with Crippen molar-refractivity contribution in [2.45, 2.75) is 6.54 Å². The number of rotatable bonds is 6. The zero-order valence-corrected chi connectivity index (χ0v) is 15.2. The summed E-state index contributed by atoms with van der Waals surface area (Å²) in [5, 5.41) is 12.8. The van der Waals surface area contributed by atoms with Crippen LogP contribution < -0.4 is 0 Å². The first-order valence-corrected chi connectivity index (χ1v) is 8.50. The van der Waals surface area contributed by atoms with Gasteiger partial charge in [-0.15, -0.1) is 0 Å². The van der Waals surface area contributed by atoms with Crippen LogP contribution in [0.15, 0.2) is 60.9 Å². The number of carbonyl (C=O) groups excluding carboxylic acids is 2. The van der Waals surface area contributed by atoms with Crippen molar-refractivity contribution in [3.8, 4) is 17.2 Å². The quantitative estimate of drug-likeness (QED) is 0.615. The molecule has 0 bridgehead atoms. The second-order valence-electron chi connectivity index (χ2n) is 5.82. The lowest BCUT2D eigenvalue weighted by atomic mass is 9.95. The van der Waals surface area contributed by atoms with Crippen molar-refractivity contribution in [3.05, 3.63) is 77.6 Å². The van der Waals surface area contributed by atoms with Crippen molar-refractivity contribution in [3.63, 3.8) is 0 Å². The van der Waals surface area contributed by atoms with Crippen molar-refractivity contribution in [1.29, 1.82) is 5.26 Å². The maximum absolute atomic E-state index is 12.6. The fourth-order valence-electron chi connectivity index (χ4n) is 2.76. The highest BCUT2D eigenvalue weighted by atomic mass is 16.5. The van der Waals surface area contributed by atoms with Crippen LogP contribution in [0.5, 0.6) is 0 Å². The SMILES string of the molecule is COC(=O)c1ccccc1-c1ccccc1C(=O)OCCn1cc(C#N)cn1. The van der Waals surface area contributed by atoms with E-state index in [4.69, 9.17) is 14.7 Å². The lowest BCUT2D eigenvalue weighted by Gasteiger charge is -2.12. The standard InChI is InChI=1S/C21H17N3O4/c1-27-20(25)18-8-4-2-6-16(18)17-7-3-5-9-19(17)21(26)28-11-10-24-14-15(12-22)13-23-24/h2-9,13-14H,10-11H2,1H3. The van der Waals surface area contributed by atoms with Crippen molar-refractivity contribution in [1.82, 2.24) is 9.78 Å². The number of hydrogen-bond donors (Lipinski definition) is 0. The first-order valence-electron chi connectivity index (χ1n) is 8.50. The minimum absolute atomic E-state index is 0.0956. The molecule has 0 spiro atoms. The normalized spacial score (nSPS) is 10.1. The fourth-order valence-corrected chi connectivity index (χ4v) is 2.76. The number of nitrogens with zero attached hydrogens (tertiary/aromatic N) is 3. The maximum Gasteiger partial charge on any atom is 0.338 e. The molecular formula is C21H17N3O4. The van der Waals surface area contributed by atoms with Gasteiger partial charge in [-0.25, -0.2) is 9.59 Å². The van der Waals surface area contributed by atoms with Gasteiger partial charge in [-0.2, -0.15) is 10.4 Å². The van der Waals surface area contributed by atoms with E-state index in [1.807, 2.05) is 6.07 Å². The predicted molar refractivity (Wildman–Crippen MR) is 100 cm³/mol. The minimum atomic E-state index is -0.511. The molecule has 3 rings (SSSR count). The Bertz CT molecular complexity index is 1050. The number of nitriles is 1. The van der Waals surface area contributed by atoms with Crippen LogP contribution in [0, 0.1) is 11.3 Å². The summed E-state index contributed by atoms with van der Waals surface area (Å²) in [5.41, 5.74) is 2.32. The summed E-state index contributed by atoms with van der Waals surface area (Å²) in [6, 6.07) is 15.8. The molecule has 28 heavy (non-hydrogen) atoms. The van der Waals surface area contributed by atoms with E-state index in [1.54, 1.807) is 54.7 Å². The molecule has 0 aliphatic rings. The molecule has 140 valence electrons. The Labute approximate surface area is 161 Å². The zero-order valence-electron chi connectivity index (χ0n) is 15.2. The Kier molecular flexibility index (Phi) is 5.82. The Morgan fingerprint density at radius 2 is 1.64 bits per heavy atom. The number of methoxy groups -OCH3 is 1. The molecule has 0 fully saturated rings. The molecule has 0 atom stereocenters. The highest BCUT2D eigenvalue weighted by Gasteiger charge is 2.19. The summed E-state index contributed by atoms with van der Waals surface area (Å²) >= 11 is 0. The monoisotopic (exact) mass is 375 g/mol. The first kappa shape index (κ1) is 18.9. The van der Waals surface area contributed by atoms with E-state index in [0.29, 0.717) is 34.4 Å². The van der Waals surface area contributed by atoms with Crippen molar-refractivity contribution < 1.29 is 19.1 Å². The molecule has 2 aromatic carbocycles. The molecule has 0 saturated carbocycles. The van der Waals surface area contributed by atoms with Gasteiger partial charge >= 0.3 is 11.9 Å². The van der Waals surface area contributed by atoms with Crippen molar-refractivity contribution in [2.24, 2.45) is 0 Å². The van der Waals surface area contributed by atoms with Crippen LogP contribution >= 0.6 is 0 Å². The van der Waals surface area contributed by atoms with Crippen LogP contribution in [-0.4, -0.2) is 35.4 Å². The third kappa shape index (κ3) is 4.07. The van der Waals surface area contributed by atoms with Crippen LogP contribution in [0.3, 0.4) is 0 Å². The predicted octanol–water partition coefficient (Wildman–Crippen LogP) is 3.07. The Morgan fingerprint density at radius 1 is 1.04 bits per heavy atom. The van der Waals surface area contributed by atoms with Gasteiger partial charge in [0.15, 0.2) is 0 Å². The number of benzene rings is 2. The molecule has 1 aromatic heterocycles. The van der Waals surface area contributed by atoms with E-state index in [9.17, 15) is 9.59 Å². The Hall–Kier alpha value is -3.92. The van der Waals surface area contributed by atoms with Gasteiger partial charge < -0.3 is 9.47 Å². The lowest BCUT2D eigenvalue weighted by molar-refractivity contribution is 0.0487. The molecule has 0 radical (unpaired) electrons. The minimum Gasteiger partial charge on any atom is -0.465 e. The molecule has 1 heterocycles. The molecule has 7 nitrogen and oxygen atoms in total. The second-order valence-corrected chi connectivity index (χ2v) is 5.82. The molecule has 0 aliphatic carbocycles. The maximum atomic E-state index is 12.6. The smallest absolute Gasteiger partial charge is 0.338 e. The Morgan fingerprint density at radius 3 is 2.21 bits per heavy atom. The van der Waals surface area contributed by atoms with Crippen molar-refractivity contribution in [2.75, 3.05) is 13.7 Å². The molecular weight excluding hydrogens is 358 g/mol. The summed E-state index contributed by atoms with van der Waals surface area (Å²) in [4.78, 5) is 24.7. The summed E-state index contributed by atoms with van der Waals surface area (Å²) in [5.74, 6) is -0.992. The topological polar surface area (TPSA) is 94.2 Å². The van der Waals surface area contributed by atoms with Gasteiger partial charge in [0, 0.05) is 6.20 Å². The van der Waals surface area contributed by atoms with E-state index < -0.39 is 11.9 Å². The average molecular weight is 375 g/mol. The number of ether oxygens (including phenoxy) is 2.